The molecule has 2 atom stereocenters. The Hall–Kier alpha value is -2.56. The van der Waals surface area contributed by atoms with E-state index in [2.05, 4.69) is 19.0 Å². The molecule has 26 heavy (non-hydrogen) atoms. The van der Waals surface area contributed by atoms with Crippen LogP contribution in [0.1, 0.15) is 40.5 Å². The number of methoxy groups -OCH3 is 1. The van der Waals surface area contributed by atoms with Crippen molar-refractivity contribution >= 4 is 5.69 Å². The Morgan fingerprint density at radius 1 is 0.923 bits per heavy atom. The maximum absolute atomic E-state index is 6.13. The Labute approximate surface area is 155 Å². The molecule has 0 aromatic heterocycles. The van der Waals surface area contributed by atoms with Crippen LogP contribution in [-0.4, -0.2) is 19.3 Å². The topological polar surface area (TPSA) is 65.6 Å². The van der Waals surface area contributed by atoms with Gasteiger partial charge >= 0.3 is 0 Å². The van der Waals surface area contributed by atoms with Crippen molar-refractivity contribution in [3.05, 3.63) is 36.4 Å². The van der Waals surface area contributed by atoms with Crippen molar-refractivity contribution < 1.29 is 19.7 Å². The quantitative estimate of drug-likeness (QED) is 0.669. The third kappa shape index (κ3) is 4.75. The summed E-state index contributed by atoms with van der Waals surface area (Å²) >= 11 is 0. The zero-order chi connectivity index (χ0) is 19.1. The van der Waals surface area contributed by atoms with Crippen molar-refractivity contribution in [3.8, 4) is 28.4 Å². The van der Waals surface area contributed by atoms with Gasteiger partial charge in [0.2, 0.25) is 0 Å². The van der Waals surface area contributed by atoms with Crippen LogP contribution in [0.4, 0.5) is 5.69 Å². The molecule has 0 saturated heterocycles. The van der Waals surface area contributed by atoms with E-state index >= 15 is 0 Å². The molecule has 0 aliphatic carbocycles. The number of nitrogens with zero attached hydrogens (tertiary/aromatic N) is 1. The molecular weight excluding hydrogens is 328 g/mol. The molecule has 2 unspecified atom stereocenters. The zero-order valence-corrected chi connectivity index (χ0v) is 16.3. The van der Waals surface area contributed by atoms with Crippen LogP contribution in [0.25, 0.3) is 11.1 Å². The molecule has 0 aliphatic rings. The Kier molecular flexibility index (Phi) is 7.01. The first-order chi connectivity index (χ1) is 12.5. The monoisotopic (exact) mass is 357 g/mol. The van der Waals surface area contributed by atoms with E-state index in [1.165, 1.54) is 0 Å². The van der Waals surface area contributed by atoms with Crippen LogP contribution in [0.5, 0.6) is 17.2 Å². The van der Waals surface area contributed by atoms with Gasteiger partial charge in [-0.15, -0.1) is 0 Å². The van der Waals surface area contributed by atoms with E-state index in [0.29, 0.717) is 11.4 Å². The van der Waals surface area contributed by atoms with Gasteiger partial charge in [0.15, 0.2) is 11.4 Å². The summed E-state index contributed by atoms with van der Waals surface area (Å²) < 4.78 is 17.4. The summed E-state index contributed by atoms with van der Waals surface area (Å²) in [6.45, 7) is 8.23. The lowest BCUT2D eigenvalue weighted by Gasteiger charge is -2.20. The average Bonchev–Trinajstić information content (AvgIpc) is 2.68. The summed E-state index contributed by atoms with van der Waals surface area (Å²) in [5.74, 6) is 2.21. The zero-order valence-electron chi connectivity index (χ0n) is 16.3. The van der Waals surface area contributed by atoms with Gasteiger partial charge in [-0.05, 0) is 55.6 Å². The van der Waals surface area contributed by atoms with E-state index in [1.54, 1.807) is 7.11 Å². The van der Waals surface area contributed by atoms with Crippen LogP contribution < -0.4 is 19.7 Å². The van der Waals surface area contributed by atoms with Crippen LogP contribution in [0.2, 0.25) is 0 Å². The van der Waals surface area contributed by atoms with E-state index in [1.807, 2.05) is 50.2 Å². The molecule has 0 heterocycles. The Morgan fingerprint density at radius 2 is 1.50 bits per heavy atom. The van der Waals surface area contributed by atoms with Gasteiger partial charge < -0.3 is 14.2 Å². The predicted molar refractivity (Wildman–Crippen MR) is 103 cm³/mol. The van der Waals surface area contributed by atoms with E-state index < -0.39 is 0 Å². The average molecular weight is 357 g/mol. The summed E-state index contributed by atoms with van der Waals surface area (Å²) in [5, 5.41) is 3.89. The molecule has 5 heteroatoms. The van der Waals surface area contributed by atoms with E-state index in [-0.39, 0.29) is 12.2 Å². The minimum atomic E-state index is 0.0700. The standard InChI is InChI=1S/C21H28N2O3/c1-6-14(3)25-20-13-19(23-22)21(26-15(4)7-2)12-18(20)16-8-10-17(24-5)11-9-16/h8-15,22H,6-7H2,1-5H3/p+1. The highest BCUT2D eigenvalue weighted by molar-refractivity contribution is 5.76. The molecule has 0 amide bonds. The van der Waals surface area contributed by atoms with E-state index in [0.717, 1.165) is 35.5 Å². The Balaban J connectivity index is 2.55. The molecule has 5 nitrogen and oxygen atoms in total. The molecule has 2 aromatic rings. The molecule has 0 fully saturated rings. The fourth-order valence-corrected chi connectivity index (χ4v) is 2.44. The molecule has 0 radical (unpaired) electrons. The normalized spacial score (nSPS) is 13.0. The van der Waals surface area contributed by atoms with Gasteiger partial charge in [0.25, 0.3) is 0 Å². The van der Waals surface area contributed by atoms with Gasteiger partial charge in [-0.3, -0.25) is 0 Å². The second-order valence-electron chi connectivity index (χ2n) is 6.35. The van der Waals surface area contributed by atoms with Crippen molar-refractivity contribution in [2.75, 3.05) is 7.11 Å². The first kappa shape index (κ1) is 19.8. The summed E-state index contributed by atoms with van der Waals surface area (Å²) in [6, 6.07) is 11.7. The number of rotatable bonds is 9. The van der Waals surface area contributed by atoms with E-state index in [9.17, 15) is 0 Å². The summed E-state index contributed by atoms with van der Waals surface area (Å²) in [6.07, 6.45) is 1.95. The number of hydrogen-bond donors (Lipinski definition) is 1. The third-order valence-corrected chi connectivity index (χ3v) is 4.41. The molecule has 2 N–H and O–H groups in total. The fraction of sp³-hybridized carbons (Fsp3) is 0.429. The maximum atomic E-state index is 6.13. The highest BCUT2D eigenvalue weighted by Gasteiger charge is 2.18. The van der Waals surface area contributed by atoms with Gasteiger partial charge in [0.1, 0.15) is 11.5 Å². The second kappa shape index (κ2) is 9.22. The molecular formula is C21H29N2O3+. The maximum Gasteiger partial charge on any atom is 0.175 e. The summed E-state index contributed by atoms with van der Waals surface area (Å²) in [5.41, 5.74) is 8.14. The number of hydrogen-bond acceptors (Lipinski definition) is 4. The van der Waals surface area contributed by atoms with Gasteiger partial charge in [0, 0.05) is 11.6 Å². The van der Waals surface area contributed by atoms with Crippen molar-refractivity contribution in [3.63, 3.8) is 0 Å². The minimum absolute atomic E-state index is 0.0700. The largest absolute Gasteiger partial charge is 0.497 e. The highest BCUT2D eigenvalue weighted by atomic mass is 16.5. The van der Waals surface area contributed by atoms with Gasteiger partial charge in [-0.2, -0.15) is 5.53 Å². The van der Waals surface area contributed by atoms with Gasteiger partial charge in [0.05, 0.1) is 19.3 Å². The van der Waals surface area contributed by atoms with E-state index in [4.69, 9.17) is 19.7 Å². The Bertz CT molecular complexity index is 729. The summed E-state index contributed by atoms with van der Waals surface area (Å²) in [7, 11) is 1.65. The van der Waals surface area contributed by atoms with Gasteiger partial charge in [-0.1, -0.05) is 26.0 Å². The van der Waals surface area contributed by atoms with Crippen molar-refractivity contribution in [2.24, 2.45) is 5.11 Å². The number of nitrogens with two attached hydrogens (primary N) is 1. The first-order valence-corrected chi connectivity index (χ1v) is 9.09. The predicted octanol–water partition coefficient (Wildman–Crippen LogP) is 4.56. The molecule has 0 aliphatic heterocycles. The van der Waals surface area contributed by atoms with Crippen molar-refractivity contribution in [1.82, 2.24) is 0 Å². The van der Waals surface area contributed by atoms with Crippen LogP contribution >= 0.6 is 0 Å². The fourth-order valence-electron chi connectivity index (χ4n) is 2.44. The minimum Gasteiger partial charge on any atom is -0.497 e. The van der Waals surface area contributed by atoms with Crippen molar-refractivity contribution in [2.45, 2.75) is 52.7 Å². The second-order valence-corrected chi connectivity index (χ2v) is 6.35. The number of ether oxygens (including phenoxy) is 3. The van der Waals surface area contributed by atoms with Crippen LogP contribution in [0.15, 0.2) is 41.5 Å². The molecule has 2 rings (SSSR count). The number of benzene rings is 2. The van der Waals surface area contributed by atoms with Gasteiger partial charge in [-0.25, -0.2) is 0 Å². The molecule has 140 valence electrons. The lowest BCUT2D eigenvalue weighted by molar-refractivity contribution is -0.210. The summed E-state index contributed by atoms with van der Waals surface area (Å²) in [4.78, 5) is 0. The Morgan fingerprint density at radius 3 is 2.00 bits per heavy atom. The molecule has 2 aromatic carbocycles. The lowest BCUT2D eigenvalue weighted by atomic mass is 10.0. The van der Waals surface area contributed by atoms with Crippen LogP contribution in [0.3, 0.4) is 0 Å². The molecule has 0 bridgehead atoms. The lowest BCUT2D eigenvalue weighted by Crippen LogP contribution is -2.22. The third-order valence-electron chi connectivity index (χ3n) is 4.41. The van der Waals surface area contributed by atoms with Crippen molar-refractivity contribution in [1.29, 1.82) is 0 Å². The SMILES string of the molecule is CCC(C)Oc1cc(-c2ccc(OC)cc2)c(OC(C)CC)cc1N=[NH2+]. The van der Waals surface area contributed by atoms with Crippen LogP contribution in [-0.2, 0) is 0 Å². The van der Waals surface area contributed by atoms with Crippen LogP contribution in [0, 0.1) is 0 Å². The molecule has 0 spiro atoms. The first-order valence-electron chi connectivity index (χ1n) is 9.09. The highest BCUT2D eigenvalue weighted by Crippen LogP contribution is 2.41. The smallest absolute Gasteiger partial charge is 0.175 e. The molecule has 0 saturated carbocycles.